The van der Waals surface area contributed by atoms with Crippen LogP contribution in [0, 0.1) is 0 Å². The SMILES string of the molecule is CC(C)=CCC/C(C)=C\Cc1c(O)c(C=O)cc2c1[nH]c1ccccc12. The summed E-state index contributed by atoms with van der Waals surface area (Å²) in [6, 6.07) is 9.77. The van der Waals surface area contributed by atoms with Gasteiger partial charge < -0.3 is 10.1 Å². The summed E-state index contributed by atoms with van der Waals surface area (Å²) in [5.41, 5.74) is 5.64. The van der Waals surface area contributed by atoms with E-state index in [4.69, 9.17) is 0 Å². The summed E-state index contributed by atoms with van der Waals surface area (Å²) < 4.78 is 0. The monoisotopic (exact) mass is 347 g/mol. The van der Waals surface area contributed by atoms with Crippen molar-refractivity contribution in [1.29, 1.82) is 0 Å². The number of nitrogens with one attached hydrogen (secondary N) is 1. The number of aromatic hydroxyl groups is 1. The van der Waals surface area contributed by atoms with Crippen LogP contribution in [0.25, 0.3) is 21.8 Å². The van der Waals surface area contributed by atoms with Gasteiger partial charge >= 0.3 is 0 Å². The molecule has 1 heterocycles. The number of aromatic nitrogens is 1. The summed E-state index contributed by atoms with van der Waals surface area (Å²) in [7, 11) is 0. The number of benzene rings is 2. The summed E-state index contributed by atoms with van der Waals surface area (Å²) in [5, 5.41) is 12.6. The lowest BCUT2D eigenvalue weighted by molar-refractivity contribution is 0.112. The second-order valence-corrected chi connectivity index (χ2v) is 7.08. The molecule has 3 heteroatoms. The number of allylic oxidation sites excluding steroid dienone is 4. The molecule has 0 fully saturated rings. The normalized spacial score (nSPS) is 11.9. The second kappa shape index (κ2) is 7.61. The average Bonchev–Trinajstić information content (AvgIpc) is 2.98. The summed E-state index contributed by atoms with van der Waals surface area (Å²) in [4.78, 5) is 14.8. The molecule has 2 N–H and O–H groups in total. The first-order valence-corrected chi connectivity index (χ1v) is 9.00. The van der Waals surface area contributed by atoms with Crippen molar-refractivity contribution in [3.8, 4) is 5.75 Å². The molecule has 26 heavy (non-hydrogen) atoms. The van der Waals surface area contributed by atoms with Gasteiger partial charge in [-0.2, -0.15) is 0 Å². The first-order chi connectivity index (χ1) is 12.5. The fraction of sp³-hybridized carbons (Fsp3) is 0.261. The highest BCUT2D eigenvalue weighted by Gasteiger charge is 2.15. The van der Waals surface area contributed by atoms with Crippen molar-refractivity contribution in [3.63, 3.8) is 0 Å². The third kappa shape index (κ3) is 3.57. The van der Waals surface area contributed by atoms with Gasteiger partial charge in [-0.25, -0.2) is 0 Å². The predicted octanol–water partition coefficient (Wildman–Crippen LogP) is 6.07. The summed E-state index contributed by atoms with van der Waals surface area (Å²) in [6.07, 6.45) is 7.72. The Hall–Kier alpha value is -2.81. The average molecular weight is 347 g/mol. The largest absolute Gasteiger partial charge is 0.507 e. The predicted molar refractivity (Wildman–Crippen MR) is 109 cm³/mol. The van der Waals surface area contributed by atoms with Gasteiger partial charge in [0, 0.05) is 21.9 Å². The first-order valence-electron chi connectivity index (χ1n) is 9.00. The smallest absolute Gasteiger partial charge is 0.153 e. The van der Waals surface area contributed by atoms with E-state index < -0.39 is 0 Å². The molecule has 0 radical (unpaired) electrons. The number of carbonyl (C=O) groups excluding carboxylic acids is 1. The number of hydrogen-bond acceptors (Lipinski definition) is 2. The molecular formula is C23H25NO2. The third-order valence-corrected chi connectivity index (χ3v) is 4.78. The van der Waals surface area contributed by atoms with E-state index in [1.807, 2.05) is 24.3 Å². The zero-order valence-electron chi connectivity index (χ0n) is 15.6. The van der Waals surface area contributed by atoms with Gasteiger partial charge in [-0.1, -0.05) is 41.5 Å². The van der Waals surface area contributed by atoms with Crippen molar-refractivity contribution in [2.75, 3.05) is 0 Å². The van der Waals surface area contributed by atoms with Crippen molar-refractivity contribution in [3.05, 3.63) is 64.8 Å². The maximum Gasteiger partial charge on any atom is 0.153 e. The molecule has 0 saturated heterocycles. The van der Waals surface area contributed by atoms with E-state index in [9.17, 15) is 9.90 Å². The number of fused-ring (bicyclic) bond motifs is 3. The number of H-pyrrole nitrogens is 1. The number of carbonyl (C=O) groups is 1. The molecule has 134 valence electrons. The van der Waals surface area contributed by atoms with Crippen molar-refractivity contribution < 1.29 is 9.90 Å². The molecule has 0 unspecified atom stereocenters. The molecular weight excluding hydrogens is 322 g/mol. The van der Waals surface area contributed by atoms with Crippen LogP contribution in [-0.2, 0) is 6.42 Å². The Labute approximate surface area is 154 Å². The van der Waals surface area contributed by atoms with Crippen LogP contribution in [0.15, 0.2) is 53.6 Å². The lowest BCUT2D eigenvalue weighted by atomic mass is 9.99. The fourth-order valence-corrected chi connectivity index (χ4v) is 3.32. The molecule has 0 aliphatic rings. The fourth-order valence-electron chi connectivity index (χ4n) is 3.32. The van der Waals surface area contributed by atoms with E-state index in [0.29, 0.717) is 12.0 Å². The van der Waals surface area contributed by atoms with Gasteiger partial charge in [0.1, 0.15) is 5.75 Å². The molecule has 0 spiro atoms. The number of phenols is 1. The minimum atomic E-state index is 0.0763. The Morgan fingerprint density at radius 3 is 2.62 bits per heavy atom. The number of aldehydes is 1. The molecule has 3 rings (SSSR count). The summed E-state index contributed by atoms with van der Waals surface area (Å²) in [5.74, 6) is 0.0763. The number of hydrogen-bond donors (Lipinski definition) is 2. The summed E-state index contributed by atoms with van der Waals surface area (Å²) in [6.45, 7) is 6.32. The Morgan fingerprint density at radius 2 is 1.88 bits per heavy atom. The zero-order chi connectivity index (χ0) is 18.7. The number of aromatic amines is 1. The number of para-hydroxylation sites is 1. The Kier molecular flexibility index (Phi) is 5.27. The quantitative estimate of drug-likeness (QED) is 0.420. The van der Waals surface area contributed by atoms with Crippen LogP contribution in [-0.4, -0.2) is 16.4 Å². The van der Waals surface area contributed by atoms with Gasteiger partial charge in [0.05, 0.1) is 11.1 Å². The Bertz CT molecular complexity index is 1020. The minimum absolute atomic E-state index is 0.0763. The van der Waals surface area contributed by atoms with Crippen molar-refractivity contribution >= 4 is 28.1 Å². The van der Waals surface area contributed by atoms with E-state index in [-0.39, 0.29) is 5.75 Å². The van der Waals surface area contributed by atoms with Crippen LogP contribution in [0.3, 0.4) is 0 Å². The van der Waals surface area contributed by atoms with Crippen LogP contribution in [0.4, 0.5) is 0 Å². The topological polar surface area (TPSA) is 53.1 Å². The van der Waals surface area contributed by atoms with Crippen LogP contribution in [0.1, 0.15) is 49.5 Å². The molecule has 0 atom stereocenters. The van der Waals surface area contributed by atoms with E-state index in [1.54, 1.807) is 6.07 Å². The lowest BCUT2D eigenvalue weighted by Gasteiger charge is -2.08. The van der Waals surface area contributed by atoms with Crippen LogP contribution in [0.5, 0.6) is 5.75 Å². The molecule has 3 nitrogen and oxygen atoms in total. The standard InChI is InChI=1S/C23H25NO2/c1-15(2)7-6-8-16(3)11-12-19-22-20(13-17(14-25)23(19)26)18-9-4-5-10-21(18)24-22/h4-5,7,9-11,13-14,24,26H,6,8,12H2,1-3H3/b16-11-. The van der Waals surface area contributed by atoms with E-state index in [1.165, 1.54) is 11.1 Å². The van der Waals surface area contributed by atoms with Gasteiger partial charge in [0.25, 0.3) is 0 Å². The van der Waals surface area contributed by atoms with Crippen molar-refractivity contribution in [2.45, 2.75) is 40.0 Å². The van der Waals surface area contributed by atoms with E-state index >= 15 is 0 Å². The molecule has 0 aliphatic carbocycles. The minimum Gasteiger partial charge on any atom is -0.507 e. The molecule has 2 aromatic carbocycles. The first kappa shape index (κ1) is 18.0. The Balaban J connectivity index is 2.02. The lowest BCUT2D eigenvalue weighted by Crippen LogP contribution is -1.92. The maximum absolute atomic E-state index is 11.4. The van der Waals surface area contributed by atoms with Gasteiger partial charge in [-0.05, 0) is 52.2 Å². The van der Waals surface area contributed by atoms with Crippen molar-refractivity contribution in [1.82, 2.24) is 4.98 Å². The highest BCUT2D eigenvalue weighted by atomic mass is 16.3. The third-order valence-electron chi connectivity index (χ3n) is 4.78. The highest BCUT2D eigenvalue weighted by Crippen LogP contribution is 2.35. The molecule has 1 aromatic heterocycles. The molecule has 0 aliphatic heterocycles. The second-order valence-electron chi connectivity index (χ2n) is 7.08. The van der Waals surface area contributed by atoms with Crippen LogP contribution >= 0.6 is 0 Å². The van der Waals surface area contributed by atoms with Gasteiger partial charge in [-0.3, -0.25) is 4.79 Å². The van der Waals surface area contributed by atoms with Gasteiger partial charge in [0.2, 0.25) is 0 Å². The van der Waals surface area contributed by atoms with E-state index in [2.05, 4.69) is 37.9 Å². The van der Waals surface area contributed by atoms with E-state index in [0.717, 1.165) is 46.5 Å². The highest BCUT2D eigenvalue weighted by molar-refractivity contribution is 6.10. The van der Waals surface area contributed by atoms with Crippen molar-refractivity contribution in [2.24, 2.45) is 0 Å². The van der Waals surface area contributed by atoms with Crippen LogP contribution < -0.4 is 0 Å². The molecule has 0 bridgehead atoms. The van der Waals surface area contributed by atoms with Crippen LogP contribution in [0.2, 0.25) is 0 Å². The summed E-state index contributed by atoms with van der Waals surface area (Å²) >= 11 is 0. The Morgan fingerprint density at radius 1 is 1.12 bits per heavy atom. The molecule has 0 saturated carbocycles. The van der Waals surface area contributed by atoms with Gasteiger partial charge in [-0.15, -0.1) is 0 Å². The molecule has 0 amide bonds. The number of rotatable bonds is 6. The molecule has 3 aromatic rings. The zero-order valence-corrected chi connectivity index (χ0v) is 15.6. The number of phenolic OH excluding ortho intramolecular Hbond substituents is 1. The van der Waals surface area contributed by atoms with Gasteiger partial charge in [0.15, 0.2) is 6.29 Å². The maximum atomic E-state index is 11.4.